The number of hydrogen-bond donors (Lipinski definition) is 1. The average Bonchev–Trinajstić information content (AvgIpc) is 3.05. The van der Waals surface area contributed by atoms with Crippen LogP contribution < -0.4 is 9.64 Å². The van der Waals surface area contributed by atoms with Crippen LogP contribution in [0, 0.1) is 6.92 Å². The summed E-state index contributed by atoms with van der Waals surface area (Å²) in [5, 5.41) is 2.27. The van der Waals surface area contributed by atoms with Crippen LogP contribution in [0.4, 0.5) is 0 Å². The molecule has 0 bridgehead atoms. The molecule has 5 nitrogen and oxygen atoms in total. The van der Waals surface area contributed by atoms with E-state index >= 15 is 0 Å². The molecule has 0 aliphatic heterocycles. The molecule has 1 amide bonds. The van der Waals surface area contributed by atoms with E-state index in [2.05, 4.69) is 18.2 Å². The number of fused-ring (bicyclic) bond motifs is 1. The lowest BCUT2D eigenvalue weighted by Gasteiger charge is -2.20. The molecule has 1 heterocycles. The maximum Gasteiger partial charge on any atom is 0.277 e. The van der Waals surface area contributed by atoms with Crippen molar-refractivity contribution < 1.29 is 18.8 Å². The van der Waals surface area contributed by atoms with Crippen molar-refractivity contribution in [1.82, 2.24) is 4.90 Å². The molecule has 27 heavy (non-hydrogen) atoms. The van der Waals surface area contributed by atoms with E-state index in [4.69, 9.17) is 9.15 Å². The number of rotatable bonds is 7. The van der Waals surface area contributed by atoms with Crippen molar-refractivity contribution in [3.8, 4) is 5.75 Å². The number of aryl methyl sites for hydroxylation is 1. The van der Waals surface area contributed by atoms with Crippen LogP contribution in [0.15, 0.2) is 52.9 Å². The Labute approximate surface area is 160 Å². The molecule has 0 radical (unpaired) electrons. The van der Waals surface area contributed by atoms with Crippen LogP contribution in [0.2, 0.25) is 0 Å². The molecule has 1 N–H and O–H groups in total. The number of hydrogen-bond acceptors (Lipinski definition) is 3. The van der Waals surface area contributed by atoms with E-state index in [1.54, 1.807) is 12.0 Å². The van der Waals surface area contributed by atoms with Crippen molar-refractivity contribution in [3.63, 3.8) is 0 Å². The molecule has 0 aliphatic carbocycles. The van der Waals surface area contributed by atoms with E-state index in [1.807, 2.05) is 51.4 Å². The van der Waals surface area contributed by atoms with Crippen molar-refractivity contribution in [2.24, 2.45) is 0 Å². The van der Waals surface area contributed by atoms with Crippen LogP contribution in [-0.2, 0) is 17.9 Å². The van der Waals surface area contributed by atoms with E-state index in [9.17, 15) is 4.79 Å². The van der Waals surface area contributed by atoms with Gasteiger partial charge in [-0.3, -0.25) is 4.79 Å². The largest absolute Gasteiger partial charge is 0.497 e. The minimum absolute atomic E-state index is 0.116. The van der Waals surface area contributed by atoms with Gasteiger partial charge in [-0.05, 0) is 53.6 Å². The monoisotopic (exact) mass is 367 g/mol. The Morgan fingerprint density at radius 1 is 1.11 bits per heavy atom. The van der Waals surface area contributed by atoms with Gasteiger partial charge in [0.1, 0.15) is 18.1 Å². The Hall–Kier alpha value is -2.79. The molecule has 1 atom stereocenters. The summed E-state index contributed by atoms with van der Waals surface area (Å²) in [6.07, 6.45) is 0. The number of quaternary nitrogens is 1. The summed E-state index contributed by atoms with van der Waals surface area (Å²) in [6.45, 7) is 3.65. The second kappa shape index (κ2) is 8.27. The Morgan fingerprint density at radius 2 is 1.85 bits per heavy atom. The standard InChI is InChI=1S/C22H26N2O3/c1-16-5-9-21(27-16)14-23(2)15-22(25)24(3)13-17-6-7-19-12-20(26-4)10-8-18(19)11-17/h5-12H,13-15H2,1-4H3/p+1. The molecular formula is C22H27N2O3+. The summed E-state index contributed by atoms with van der Waals surface area (Å²) < 4.78 is 10.9. The third-order valence-corrected chi connectivity index (χ3v) is 4.68. The molecule has 5 heteroatoms. The summed E-state index contributed by atoms with van der Waals surface area (Å²) in [5.41, 5.74) is 1.11. The van der Waals surface area contributed by atoms with Crippen molar-refractivity contribution in [2.75, 3.05) is 27.7 Å². The second-order valence-electron chi connectivity index (χ2n) is 7.12. The number of furan rings is 1. The van der Waals surface area contributed by atoms with Gasteiger partial charge in [0.25, 0.3) is 5.91 Å². The zero-order chi connectivity index (χ0) is 19.4. The molecule has 0 saturated heterocycles. The van der Waals surface area contributed by atoms with Gasteiger partial charge >= 0.3 is 0 Å². The first-order valence-electron chi connectivity index (χ1n) is 9.12. The molecule has 3 rings (SSSR count). The Bertz CT molecular complexity index is 932. The molecule has 0 saturated carbocycles. The minimum Gasteiger partial charge on any atom is -0.497 e. The van der Waals surface area contributed by atoms with Gasteiger partial charge in [-0.1, -0.05) is 18.2 Å². The van der Waals surface area contributed by atoms with Crippen molar-refractivity contribution in [2.45, 2.75) is 20.0 Å². The zero-order valence-electron chi connectivity index (χ0n) is 16.4. The fourth-order valence-electron chi connectivity index (χ4n) is 3.19. The van der Waals surface area contributed by atoms with E-state index in [1.165, 1.54) is 0 Å². The summed E-state index contributed by atoms with van der Waals surface area (Å²) in [5.74, 6) is 2.77. The van der Waals surface area contributed by atoms with Crippen LogP contribution in [0.3, 0.4) is 0 Å². The molecule has 1 aromatic heterocycles. The normalized spacial score (nSPS) is 12.1. The number of carbonyl (C=O) groups excluding carboxylic acids is 1. The van der Waals surface area contributed by atoms with Gasteiger partial charge in [0.15, 0.2) is 12.3 Å². The average molecular weight is 367 g/mol. The fraction of sp³-hybridized carbons (Fsp3) is 0.318. The summed E-state index contributed by atoms with van der Waals surface area (Å²) in [6, 6.07) is 16.2. The van der Waals surface area contributed by atoms with Gasteiger partial charge in [0, 0.05) is 13.6 Å². The topological polar surface area (TPSA) is 47.1 Å². The van der Waals surface area contributed by atoms with Gasteiger partial charge in [-0.15, -0.1) is 0 Å². The lowest BCUT2D eigenvalue weighted by atomic mass is 10.1. The minimum atomic E-state index is 0.116. The predicted octanol–water partition coefficient (Wildman–Crippen LogP) is 2.42. The Morgan fingerprint density at radius 3 is 2.56 bits per heavy atom. The quantitative estimate of drug-likeness (QED) is 0.698. The molecule has 0 fully saturated rings. The van der Waals surface area contributed by atoms with Crippen LogP contribution in [-0.4, -0.2) is 38.6 Å². The highest BCUT2D eigenvalue weighted by atomic mass is 16.5. The van der Waals surface area contributed by atoms with Crippen LogP contribution in [0.1, 0.15) is 17.1 Å². The zero-order valence-corrected chi connectivity index (χ0v) is 16.4. The lowest BCUT2D eigenvalue weighted by molar-refractivity contribution is -0.886. The number of ether oxygens (including phenoxy) is 1. The van der Waals surface area contributed by atoms with Crippen molar-refractivity contribution >= 4 is 16.7 Å². The predicted molar refractivity (Wildman–Crippen MR) is 106 cm³/mol. The second-order valence-corrected chi connectivity index (χ2v) is 7.12. The maximum atomic E-state index is 12.6. The third-order valence-electron chi connectivity index (χ3n) is 4.68. The highest BCUT2D eigenvalue weighted by Gasteiger charge is 2.16. The number of carbonyl (C=O) groups is 1. The van der Waals surface area contributed by atoms with Crippen LogP contribution in [0.5, 0.6) is 5.75 Å². The first kappa shape index (κ1) is 19.0. The third kappa shape index (κ3) is 4.89. The van der Waals surface area contributed by atoms with Gasteiger partial charge in [0.2, 0.25) is 0 Å². The van der Waals surface area contributed by atoms with Gasteiger partial charge in [0.05, 0.1) is 14.2 Å². The van der Waals surface area contributed by atoms with Gasteiger partial charge < -0.3 is 19.0 Å². The molecular weight excluding hydrogens is 340 g/mol. The number of nitrogens with one attached hydrogen (secondary N) is 1. The first-order valence-corrected chi connectivity index (χ1v) is 9.12. The van der Waals surface area contributed by atoms with E-state index < -0.39 is 0 Å². The van der Waals surface area contributed by atoms with E-state index in [0.717, 1.165) is 38.5 Å². The maximum absolute atomic E-state index is 12.6. The summed E-state index contributed by atoms with van der Waals surface area (Å²) in [7, 11) is 5.53. The summed E-state index contributed by atoms with van der Waals surface area (Å²) >= 11 is 0. The number of likely N-dealkylation sites (N-methyl/N-ethyl adjacent to an activating group) is 2. The summed E-state index contributed by atoms with van der Waals surface area (Å²) in [4.78, 5) is 15.4. The fourth-order valence-corrected chi connectivity index (χ4v) is 3.19. The van der Waals surface area contributed by atoms with Crippen LogP contribution in [0.25, 0.3) is 10.8 Å². The lowest BCUT2D eigenvalue weighted by Crippen LogP contribution is -3.08. The molecule has 3 aromatic rings. The molecule has 1 unspecified atom stereocenters. The first-order chi connectivity index (χ1) is 12.9. The Kier molecular flexibility index (Phi) is 5.81. The highest BCUT2D eigenvalue weighted by molar-refractivity contribution is 5.84. The van der Waals surface area contributed by atoms with Crippen LogP contribution >= 0.6 is 0 Å². The molecule has 0 aliphatic rings. The van der Waals surface area contributed by atoms with Gasteiger partial charge in [-0.2, -0.15) is 0 Å². The highest BCUT2D eigenvalue weighted by Crippen LogP contribution is 2.22. The van der Waals surface area contributed by atoms with Crippen molar-refractivity contribution in [1.29, 1.82) is 0 Å². The molecule has 2 aromatic carbocycles. The molecule has 142 valence electrons. The SMILES string of the molecule is COc1ccc2cc(CN(C)C(=O)C[NH+](C)Cc3ccc(C)o3)ccc2c1. The van der Waals surface area contributed by atoms with Gasteiger partial charge in [-0.25, -0.2) is 0 Å². The number of benzene rings is 2. The van der Waals surface area contributed by atoms with E-state index in [-0.39, 0.29) is 5.91 Å². The number of methoxy groups -OCH3 is 1. The molecule has 0 spiro atoms. The smallest absolute Gasteiger partial charge is 0.277 e. The number of nitrogens with zero attached hydrogens (tertiary/aromatic N) is 1. The van der Waals surface area contributed by atoms with E-state index in [0.29, 0.717) is 19.6 Å². The number of amides is 1. The van der Waals surface area contributed by atoms with Crippen molar-refractivity contribution in [3.05, 3.63) is 65.6 Å². The Balaban J connectivity index is 1.59.